The Morgan fingerprint density at radius 3 is 2.49 bits per heavy atom. The highest BCUT2D eigenvalue weighted by Crippen LogP contribution is 2.39. The first-order valence-electron chi connectivity index (χ1n) is 13.3. The van der Waals surface area contributed by atoms with Crippen molar-refractivity contribution in [2.45, 2.75) is 26.1 Å². The minimum atomic E-state index is -4.99. The average Bonchev–Trinajstić information content (AvgIpc) is 3.51. The van der Waals surface area contributed by atoms with E-state index in [2.05, 4.69) is 9.98 Å². The van der Waals surface area contributed by atoms with Crippen molar-refractivity contribution < 1.29 is 22.7 Å². The molecule has 6 rings (SSSR count). The number of alkyl halides is 3. The number of aromatic nitrogens is 2. The van der Waals surface area contributed by atoms with Crippen LogP contribution in [-0.4, -0.2) is 28.3 Å². The lowest BCUT2D eigenvalue weighted by molar-refractivity contribution is -0.140. The van der Waals surface area contributed by atoms with Gasteiger partial charge in [-0.25, -0.2) is 9.79 Å². The molecular formula is C32H23ClF3N3O3S. The molecule has 0 saturated carbocycles. The fourth-order valence-corrected chi connectivity index (χ4v) is 6.41. The number of H-pyrrole nitrogens is 1. The van der Waals surface area contributed by atoms with Crippen molar-refractivity contribution in [3.8, 4) is 11.3 Å². The molecule has 0 bridgehead atoms. The molecule has 1 aliphatic rings. The standard InChI is InChI=1S/C32H23ClF3N3O3S/c1-3-42-30(41)24-27(19-12-14-20(33)15-13-19)39-29(40)23(43-31(39)38-28(24)32(34,35)36)16-22-21-11-7-8-17(2)25(21)37-26(22)18-9-5-4-6-10-18/h4-16,27,37H,3H2,1-2H3/b23-16-/t27-/m1/s1. The number of allylic oxidation sites excluding steroid dienone is 1. The van der Waals surface area contributed by atoms with Gasteiger partial charge in [-0.1, -0.05) is 83.6 Å². The van der Waals surface area contributed by atoms with E-state index in [0.29, 0.717) is 10.6 Å². The summed E-state index contributed by atoms with van der Waals surface area (Å²) in [5, 5.41) is 1.19. The number of hydrogen-bond acceptors (Lipinski definition) is 5. The zero-order valence-corrected chi connectivity index (χ0v) is 24.4. The maximum atomic E-state index is 14.4. The lowest BCUT2D eigenvalue weighted by Gasteiger charge is -2.26. The van der Waals surface area contributed by atoms with Gasteiger partial charge in [0.15, 0.2) is 10.5 Å². The Kier molecular flexibility index (Phi) is 7.35. The summed E-state index contributed by atoms with van der Waals surface area (Å²) in [6.07, 6.45) is -3.32. The quantitative estimate of drug-likeness (QED) is 0.229. The second-order valence-electron chi connectivity index (χ2n) is 9.89. The van der Waals surface area contributed by atoms with Crippen LogP contribution < -0.4 is 14.9 Å². The van der Waals surface area contributed by atoms with Crippen LogP contribution in [0.5, 0.6) is 0 Å². The molecule has 0 radical (unpaired) electrons. The summed E-state index contributed by atoms with van der Waals surface area (Å²) in [6.45, 7) is 3.30. The Hall–Kier alpha value is -4.41. The van der Waals surface area contributed by atoms with Gasteiger partial charge < -0.3 is 9.72 Å². The summed E-state index contributed by atoms with van der Waals surface area (Å²) in [5.74, 6) is -1.20. The number of thiazole rings is 1. The van der Waals surface area contributed by atoms with Gasteiger partial charge in [0.25, 0.3) is 5.56 Å². The highest BCUT2D eigenvalue weighted by molar-refractivity contribution is 7.07. The summed E-state index contributed by atoms with van der Waals surface area (Å²) < 4.78 is 49.6. The Bertz CT molecular complexity index is 2090. The van der Waals surface area contributed by atoms with E-state index in [1.165, 1.54) is 31.2 Å². The number of halogens is 4. The van der Waals surface area contributed by atoms with Gasteiger partial charge in [0.1, 0.15) is 0 Å². The van der Waals surface area contributed by atoms with E-state index < -0.39 is 35.0 Å². The number of nitrogens with zero attached hydrogens (tertiary/aromatic N) is 2. The summed E-state index contributed by atoms with van der Waals surface area (Å²) in [4.78, 5) is 34.3. The molecule has 1 N–H and O–H groups in total. The van der Waals surface area contributed by atoms with Crippen LogP contribution in [0, 0.1) is 6.92 Å². The number of hydrogen-bond donors (Lipinski definition) is 1. The second-order valence-corrected chi connectivity index (χ2v) is 11.3. The van der Waals surface area contributed by atoms with E-state index in [4.69, 9.17) is 16.3 Å². The number of carbonyl (C=O) groups excluding carboxylic acids is 1. The largest absolute Gasteiger partial charge is 0.463 e. The summed E-state index contributed by atoms with van der Waals surface area (Å²) in [6, 6.07) is 19.8. The van der Waals surface area contributed by atoms with Gasteiger partial charge in [-0.3, -0.25) is 9.36 Å². The first kappa shape index (κ1) is 28.7. The number of rotatable bonds is 5. The zero-order valence-electron chi connectivity index (χ0n) is 22.8. The smallest absolute Gasteiger partial charge is 0.434 e. The molecule has 3 heterocycles. The molecule has 43 heavy (non-hydrogen) atoms. The number of aromatic amines is 1. The third-order valence-corrected chi connectivity index (χ3v) is 8.44. The summed E-state index contributed by atoms with van der Waals surface area (Å²) >= 11 is 6.89. The van der Waals surface area contributed by atoms with Crippen LogP contribution >= 0.6 is 22.9 Å². The first-order valence-corrected chi connectivity index (χ1v) is 14.5. The highest BCUT2D eigenvalue weighted by Gasteiger charge is 2.45. The SMILES string of the molecule is CCOC(=O)C1=C(C(F)(F)F)N=c2s/c(=C\c3c(-c4ccccc4)[nH]c4c(C)cccc34)c(=O)n2[C@@H]1c1ccc(Cl)cc1. The zero-order chi connectivity index (χ0) is 30.5. The minimum Gasteiger partial charge on any atom is -0.463 e. The predicted molar refractivity (Wildman–Crippen MR) is 161 cm³/mol. The van der Waals surface area contributed by atoms with Crippen LogP contribution in [0.2, 0.25) is 5.02 Å². The third-order valence-electron chi connectivity index (χ3n) is 7.20. The number of fused-ring (bicyclic) bond motifs is 2. The van der Waals surface area contributed by atoms with Gasteiger partial charge in [0.2, 0.25) is 0 Å². The lowest BCUT2D eigenvalue weighted by atomic mass is 9.95. The molecule has 218 valence electrons. The van der Waals surface area contributed by atoms with E-state index in [0.717, 1.165) is 43.6 Å². The molecule has 5 aromatic rings. The van der Waals surface area contributed by atoms with Gasteiger partial charge in [0, 0.05) is 21.5 Å². The molecule has 0 unspecified atom stereocenters. The Labute approximate surface area is 252 Å². The Morgan fingerprint density at radius 1 is 1.09 bits per heavy atom. The minimum absolute atomic E-state index is 0.156. The van der Waals surface area contributed by atoms with Crippen LogP contribution in [0.3, 0.4) is 0 Å². The fourth-order valence-electron chi connectivity index (χ4n) is 5.30. The van der Waals surface area contributed by atoms with Crippen molar-refractivity contribution in [3.05, 3.63) is 125 Å². The molecule has 6 nitrogen and oxygen atoms in total. The van der Waals surface area contributed by atoms with Crippen LogP contribution in [0.25, 0.3) is 28.2 Å². The second kappa shape index (κ2) is 11.0. The van der Waals surface area contributed by atoms with Gasteiger partial charge in [0.05, 0.1) is 28.4 Å². The average molecular weight is 622 g/mol. The van der Waals surface area contributed by atoms with Crippen LogP contribution in [-0.2, 0) is 9.53 Å². The Balaban J connectivity index is 1.67. The molecule has 0 amide bonds. The third kappa shape index (κ3) is 5.10. The maximum Gasteiger partial charge on any atom is 0.434 e. The van der Waals surface area contributed by atoms with Crippen LogP contribution in [0.1, 0.15) is 29.7 Å². The molecule has 3 aromatic carbocycles. The molecule has 0 aliphatic carbocycles. The number of aryl methyl sites for hydroxylation is 1. The van der Waals surface area contributed by atoms with E-state index in [-0.39, 0.29) is 21.5 Å². The molecule has 11 heteroatoms. The number of para-hydroxylation sites is 1. The molecule has 0 saturated heterocycles. The number of carbonyl (C=O) groups is 1. The summed E-state index contributed by atoms with van der Waals surface area (Å²) in [7, 11) is 0. The Morgan fingerprint density at radius 2 is 1.81 bits per heavy atom. The molecule has 1 atom stereocenters. The monoisotopic (exact) mass is 621 g/mol. The van der Waals surface area contributed by atoms with Gasteiger partial charge in [-0.15, -0.1) is 0 Å². The maximum absolute atomic E-state index is 14.4. The lowest BCUT2D eigenvalue weighted by Crippen LogP contribution is -2.41. The van der Waals surface area contributed by atoms with Crippen molar-refractivity contribution in [1.82, 2.24) is 9.55 Å². The van der Waals surface area contributed by atoms with Crippen molar-refractivity contribution in [1.29, 1.82) is 0 Å². The van der Waals surface area contributed by atoms with Gasteiger partial charge in [-0.05, 0) is 48.7 Å². The molecule has 0 fully saturated rings. The summed E-state index contributed by atoms with van der Waals surface area (Å²) in [5.41, 5.74) is 1.72. The van der Waals surface area contributed by atoms with Crippen molar-refractivity contribution in [2.75, 3.05) is 6.61 Å². The molecule has 0 spiro atoms. The molecule has 1 aliphatic heterocycles. The molecule has 2 aromatic heterocycles. The first-order chi connectivity index (χ1) is 20.6. The molecular weight excluding hydrogens is 599 g/mol. The number of ether oxygens (including phenoxy) is 1. The number of benzene rings is 3. The number of esters is 1. The van der Waals surface area contributed by atoms with E-state index in [9.17, 15) is 22.8 Å². The van der Waals surface area contributed by atoms with Gasteiger partial charge >= 0.3 is 12.1 Å². The normalized spacial score (nSPS) is 15.5. The van der Waals surface area contributed by atoms with Crippen molar-refractivity contribution >= 4 is 45.9 Å². The predicted octanol–water partition coefficient (Wildman–Crippen LogP) is 6.45. The highest BCUT2D eigenvalue weighted by atomic mass is 35.5. The van der Waals surface area contributed by atoms with Gasteiger partial charge in [-0.2, -0.15) is 13.2 Å². The van der Waals surface area contributed by atoms with Crippen LogP contribution in [0.15, 0.2) is 93.9 Å². The van der Waals surface area contributed by atoms with Crippen molar-refractivity contribution in [2.24, 2.45) is 4.99 Å². The van der Waals surface area contributed by atoms with Crippen molar-refractivity contribution in [3.63, 3.8) is 0 Å². The van der Waals surface area contributed by atoms with Crippen LogP contribution in [0.4, 0.5) is 13.2 Å². The number of nitrogens with one attached hydrogen (secondary N) is 1. The fraction of sp³-hybridized carbons (Fsp3) is 0.156. The van der Waals surface area contributed by atoms with E-state index >= 15 is 0 Å². The van der Waals surface area contributed by atoms with E-state index in [1.807, 2.05) is 55.5 Å². The van der Waals surface area contributed by atoms with E-state index in [1.54, 1.807) is 6.08 Å². The topological polar surface area (TPSA) is 76.4 Å².